The van der Waals surface area contributed by atoms with Crippen molar-refractivity contribution in [2.24, 2.45) is 0 Å². The zero-order valence-electron chi connectivity index (χ0n) is 12.1. The van der Waals surface area contributed by atoms with Crippen molar-refractivity contribution in [3.05, 3.63) is 11.9 Å². The van der Waals surface area contributed by atoms with Crippen molar-refractivity contribution in [2.75, 3.05) is 23.8 Å². The van der Waals surface area contributed by atoms with Crippen LogP contribution in [0.1, 0.15) is 26.3 Å². The maximum atomic E-state index is 12.0. The van der Waals surface area contributed by atoms with Gasteiger partial charge in [0.05, 0.1) is 6.54 Å². The molecule has 0 atom stereocenters. The fraction of sp³-hybridized carbons (Fsp3) is 0.538. The van der Waals surface area contributed by atoms with Crippen LogP contribution in [0.4, 0.5) is 11.6 Å². The molecule has 0 saturated carbocycles. The zero-order chi connectivity index (χ0) is 14.9. The predicted octanol–water partition coefficient (Wildman–Crippen LogP) is 0.322. The summed E-state index contributed by atoms with van der Waals surface area (Å²) in [6.45, 7) is 5.64. The molecule has 1 saturated heterocycles. The Balaban J connectivity index is 2.54. The van der Waals surface area contributed by atoms with Gasteiger partial charge in [0.25, 0.3) is 5.91 Å². The first-order valence-corrected chi connectivity index (χ1v) is 6.55. The number of aromatic nitrogens is 2. The van der Waals surface area contributed by atoms with Gasteiger partial charge in [0.2, 0.25) is 5.91 Å². The molecule has 1 aromatic heterocycles. The molecule has 0 unspecified atom stereocenters. The second kappa shape index (κ2) is 5.07. The SMILES string of the molecule is CCc1c(NC)ncnc1N1CC(=O)NC(=O)C1(C)C. The van der Waals surface area contributed by atoms with E-state index in [2.05, 4.69) is 20.6 Å². The number of carbonyl (C=O) groups excluding carboxylic acids is 2. The minimum Gasteiger partial charge on any atom is -0.373 e. The van der Waals surface area contributed by atoms with E-state index >= 15 is 0 Å². The first kappa shape index (κ1) is 14.2. The molecule has 0 spiro atoms. The number of hydrogen-bond donors (Lipinski definition) is 2. The molecule has 1 aliphatic rings. The predicted molar refractivity (Wildman–Crippen MR) is 75.5 cm³/mol. The minimum absolute atomic E-state index is 0.103. The Hall–Kier alpha value is -2.18. The second-order valence-corrected chi connectivity index (χ2v) is 5.15. The lowest BCUT2D eigenvalue weighted by Gasteiger charge is -2.41. The molecule has 7 nitrogen and oxygen atoms in total. The molecule has 20 heavy (non-hydrogen) atoms. The Kier molecular flexibility index (Phi) is 3.61. The Bertz CT molecular complexity index is 556. The average molecular weight is 277 g/mol. The quantitative estimate of drug-likeness (QED) is 0.774. The topological polar surface area (TPSA) is 87.2 Å². The van der Waals surface area contributed by atoms with E-state index in [1.807, 2.05) is 6.92 Å². The molecule has 1 aromatic rings. The van der Waals surface area contributed by atoms with Crippen molar-refractivity contribution >= 4 is 23.5 Å². The Labute approximate surface area is 117 Å². The number of piperazine rings is 1. The van der Waals surface area contributed by atoms with Gasteiger partial charge in [0, 0.05) is 12.6 Å². The van der Waals surface area contributed by atoms with Gasteiger partial charge in [-0.05, 0) is 20.3 Å². The van der Waals surface area contributed by atoms with E-state index in [4.69, 9.17) is 0 Å². The Morgan fingerprint density at radius 1 is 1.40 bits per heavy atom. The van der Waals surface area contributed by atoms with Gasteiger partial charge in [0.15, 0.2) is 0 Å². The standard InChI is InChI=1S/C13H19N5O2/c1-5-8-10(14-4)15-7-16-11(8)18-6-9(19)17-12(20)13(18,2)3/h7H,5-6H2,1-4H3,(H,14,15,16)(H,17,19,20). The third-order valence-electron chi connectivity index (χ3n) is 3.55. The summed E-state index contributed by atoms with van der Waals surface area (Å²) in [7, 11) is 1.78. The Morgan fingerprint density at radius 2 is 2.10 bits per heavy atom. The second-order valence-electron chi connectivity index (χ2n) is 5.15. The van der Waals surface area contributed by atoms with Gasteiger partial charge in [-0.25, -0.2) is 9.97 Å². The maximum Gasteiger partial charge on any atom is 0.251 e. The zero-order valence-corrected chi connectivity index (χ0v) is 12.1. The highest BCUT2D eigenvalue weighted by Crippen LogP contribution is 2.30. The van der Waals surface area contributed by atoms with Gasteiger partial charge in [-0.3, -0.25) is 14.9 Å². The number of imide groups is 1. The van der Waals surface area contributed by atoms with E-state index in [-0.39, 0.29) is 18.4 Å². The molecule has 7 heteroatoms. The normalized spacial score (nSPS) is 17.9. The summed E-state index contributed by atoms with van der Waals surface area (Å²) in [4.78, 5) is 33.9. The van der Waals surface area contributed by atoms with E-state index in [1.54, 1.807) is 25.8 Å². The van der Waals surface area contributed by atoms with Crippen LogP contribution in [-0.4, -0.2) is 40.9 Å². The molecule has 1 fully saturated rings. The molecule has 2 amide bonds. The highest BCUT2D eigenvalue weighted by molar-refractivity contribution is 6.06. The summed E-state index contributed by atoms with van der Waals surface area (Å²) in [5, 5.41) is 5.37. The van der Waals surface area contributed by atoms with Crippen molar-refractivity contribution in [3.8, 4) is 0 Å². The average Bonchev–Trinajstić information content (AvgIpc) is 2.42. The van der Waals surface area contributed by atoms with Gasteiger partial charge < -0.3 is 10.2 Å². The number of carbonyl (C=O) groups is 2. The molecule has 108 valence electrons. The minimum atomic E-state index is -0.836. The van der Waals surface area contributed by atoms with Crippen LogP contribution in [-0.2, 0) is 16.0 Å². The summed E-state index contributed by atoms with van der Waals surface area (Å²) >= 11 is 0. The number of anilines is 2. The number of hydrogen-bond acceptors (Lipinski definition) is 6. The van der Waals surface area contributed by atoms with Crippen LogP contribution in [0.5, 0.6) is 0 Å². The number of nitrogens with zero attached hydrogens (tertiary/aromatic N) is 3. The summed E-state index contributed by atoms with van der Waals surface area (Å²) in [5.74, 6) is 0.702. The lowest BCUT2D eigenvalue weighted by Crippen LogP contribution is -2.64. The molecule has 1 aliphatic heterocycles. The number of amides is 2. The molecule has 2 heterocycles. The van der Waals surface area contributed by atoms with E-state index in [0.29, 0.717) is 18.1 Å². The van der Waals surface area contributed by atoms with Crippen LogP contribution in [0.25, 0.3) is 0 Å². The van der Waals surface area contributed by atoms with Crippen molar-refractivity contribution in [3.63, 3.8) is 0 Å². The number of rotatable bonds is 3. The summed E-state index contributed by atoms with van der Waals surface area (Å²) in [5.41, 5.74) is 0.0579. The maximum absolute atomic E-state index is 12.0. The first-order valence-electron chi connectivity index (χ1n) is 6.55. The van der Waals surface area contributed by atoms with Gasteiger partial charge in [-0.1, -0.05) is 6.92 Å². The van der Waals surface area contributed by atoms with Gasteiger partial charge in [-0.15, -0.1) is 0 Å². The fourth-order valence-electron chi connectivity index (χ4n) is 2.30. The summed E-state index contributed by atoms with van der Waals surface area (Å²) in [6, 6.07) is 0. The monoisotopic (exact) mass is 277 g/mol. The first-order chi connectivity index (χ1) is 9.41. The molecule has 0 radical (unpaired) electrons. The van der Waals surface area contributed by atoms with Crippen LogP contribution < -0.4 is 15.5 Å². The highest BCUT2D eigenvalue weighted by atomic mass is 16.2. The fourth-order valence-corrected chi connectivity index (χ4v) is 2.30. The van der Waals surface area contributed by atoms with Crippen molar-refractivity contribution in [1.29, 1.82) is 0 Å². The number of nitrogens with one attached hydrogen (secondary N) is 2. The Morgan fingerprint density at radius 3 is 2.70 bits per heavy atom. The van der Waals surface area contributed by atoms with Crippen molar-refractivity contribution < 1.29 is 9.59 Å². The van der Waals surface area contributed by atoms with Crippen LogP contribution in [0.2, 0.25) is 0 Å². The van der Waals surface area contributed by atoms with Crippen LogP contribution in [0.3, 0.4) is 0 Å². The lowest BCUT2D eigenvalue weighted by molar-refractivity contribution is -0.135. The van der Waals surface area contributed by atoms with Crippen LogP contribution in [0.15, 0.2) is 6.33 Å². The van der Waals surface area contributed by atoms with Crippen molar-refractivity contribution in [2.45, 2.75) is 32.7 Å². The van der Waals surface area contributed by atoms with E-state index < -0.39 is 5.54 Å². The van der Waals surface area contributed by atoms with Gasteiger partial charge >= 0.3 is 0 Å². The van der Waals surface area contributed by atoms with Gasteiger partial charge in [0.1, 0.15) is 23.5 Å². The van der Waals surface area contributed by atoms with Crippen LogP contribution >= 0.6 is 0 Å². The largest absolute Gasteiger partial charge is 0.373 e. The highest BCUT2D eigenvalue weighted by Gasteiger charge is 2.42. The molecular formula is C13H19N5O2. The van der Waals surface area contributed by atoms with Crippen LogP contribution in [0, 0.1) is 0 Å². The lowest BCUT2D eigenvalue weighted by atomic mass is 9.97. The third-order valence-corrected chi connectivity index (χ3v) is 3.55. The summed E-state index contributed by atoms with van der Waals surface area (Å²) in [6.07, 6.45) is 2.14. The molecular weight excluding hydrogens is 258 g/mol. The van der Waals surface area contributed by atoms with E-state index in [9.17, 15) is 9.59 Å². The molecule has 2 rings (SSSR count). The third kappa shape index (κ3) is 2.19. The molecule has 2 N–H and O–H groups in total. The van der Waals surface area contributed by atoms with E-state index in [0.717, 1.165) is 5.56 Å². The molecule has 0 aliphatic carbocycles. The molecule has 0 aromatic carbocycles. The van der Waals surface area contributed by atoms with E-state index in [1.165, 1.54) is 6.33 Å². The van der Waals surface area contributed by atoms with Crippen molar-refractivity contribution in [1.82, 2.24) is 15.3 Å². The molecule has 0 bridgehead atoms. The smallest absolute Gasteiger partial charge is 0.251 e. The van der Waals surface area contributed by atoms with Gasteiger partial charge in [-0.2, -0.15) is 0 Å². The summed E-state index contributed by atoms with van der Waals surface area (Å²) < 4.78 is 0.